The van der Waals surface area contributed by atoms with E-state index >= 15 is 0 Å². The van der Waals surface area contributed by atoms with Gasteiger partial charge in [-0.05, 0) is 25.0 Å². The largest absolute Gasteiger partial charge is 0.299 e. The molecule has 0 saturated heterocycles. The van der Waals surface area contributed by atoms with Gasteiger partial charge in [-0.15, -0.1) is 0 Å². The highest BCUT2D eigenvalue weighted by Crippen LogP contribution is 2.19. The van der Waals surface area contributed by atoms with E-state index in [9.17, 15) is 18.0 Å². The molecule has 0 amide bonds. The minimum Gasteiger partial charge on any atom is -0.299 e. The maximum Gasteiger partial charge on any atom is 0.194 e. The Kier molecular flexibility index (Phi) is 3.90. The summed E-state index contributed by atoms with van der Waals surface area (Å²) in [6.07, 6.45) is -0.00162. The van der Waals surface area contributed by atoms with Crippen LogP contribution in [0.3, 0.4) is 0 Å². The van der Waals surface area contributed by atoms with E-state index in [1.165, 1.54) is 6.92 Å². The molecule has 15 heavy (non-hydrogen) atoms. The molecule has 1 rings (SSSR count). The summed E-state index contributed by atoms with van der Waals surface area (Å²) in [6.45, 7) is 1.33. The second-order valence-electron chi connectivity index (χ2n) is 3.12. The Morgan fingerprint density at radius 1 is 1.33 bits per heavy atom. The molecule has 1 atom stereocenters. The van der Waals surface area contributed by atoms with Crippen LogP contribution in [0.5, 0.6) is 0 Å². The number of Topliss-reactive ketones (excluding diaryl/α,β-unsaturated/α-hetero) is 1. The number of hydrogen-bond acceptors (Lipinski definition) is 1. The van der Waals surface area contributed by atoms with Crippen LogP contribution in [0.2, 0.25) is 0 Å². The third-order valence-corrected chi connectivity index (χ3v) is 2.92. The molecule has 0 spiro atoms. The van der Waals surface area contributed by atoms with Crippen molar-refractivity contribution in [1.29, 1.82) is 0 Å². The predicted octanol–water partition coefficient (Wildman–Crippen LogP) is 3.00. The van der Waals surface area contributed by atoms with Gasteiger partial charge in [-0.1, -0.05) is 22.0 Å². The normalized spacial score (nSPS) is 12.6. The van der Waals surface area contributed by atoms with Crippen LogP contribution in [0.4, 0.5) is 13.2 Å². The zero-order valence-corrected chi connectivity index (χ0v) is 9.45. The standard InChI is InChI=1S/C10H8BrF3O/c1-5(15)7(11)4-6-2-3-8(12)10(14)9(6)13/h2-3,7H,4H2,1H3/t7-/m0/s1. The number of carbonyl (C=O) groups is 1. The summed E-state index contributed by atoms with van der Waals surface area (Å²) in [7, 11) is 0. The third-order valence-electron chi connectivity index (χ3n) is 1.96. The van der Waals surface area contributed by atoms with Gasteiger partial charge in [0.15, 0.2) is 17.5 Å². The van der Waals surface area contributed by atoms with Crippen molar-refractivity contribution in [2.24, 2.45) is 0 Å². The van der Waals surface area contributed by atoms with Crippen molar-refractivity contribution in [3.8, 4) is 0 Å². The fraction of sp³-hybridized carbons (Fsp3) is 0.300. The van der Waals surface area contributed by atoms with Crippen LogP contribution in [0.1, 0.15) is 12.5 Å². The Labute approximate surface area is 93.4 Å². The van der Waals surface area contributed by atoms with E-state index < -0.39 is 22.3 Å². The van der Waals surface area contributed by atoms with E-state index in [1.54, 1.807) is 0 Å². The second-order valence-corrected chi connectivity index (χ2v) is 4.22. The minimum absolute atomic E-state index is 0.00162. The van der Waals surface area contributed by atoms with Crippen molar-refractivity contribution < 1.29 is 18.0 Å². The molecule has 1 nitrogen and oxygen atoms in total. The van der Waals surface area contributed by atoms with Crippen molar-refractivity contribution in [2.75, 3.05) is 0 Å². The molecule has 0 heterocycles. The summed E-state index contributed by atoms with van der Waals surface area (Å²) in [5.41, 5.74) is -0.0222. The number of ketones is 1. The summed E-state index contributed by atoms with van der Waals surface area (Å²) in [5.74, 6) is -4.17. The summed E-state index contributed by atoms with van der Waals surface area (Å²) < 4.78 is 38.5. The third kappa shape index (κ3) is 2.81. The minimum atomic E-state index is -1.50. The van der Waals surface area contributed by atoms with Crippen molar-refractivity contribution in [3.05, 3.63) is 35.1 Å². The van der Waals surface area contributed by atoms with Gasteiger partial charge in [-0.2, -0.15) is 0 Å². The molecule has 0 aliphatic heterocycles. The average Bonchev–Trinajstić information content (AvgIpc) is 2.18. The maximum absolute atomic E-state index is 13.1. The van der Waals surface area contributed by atoms with E-state index in [-0.39, 0.29) is 17.8 Å². The number of hydrogen-bond donors (Lipinski definition) is 0. The summed E-state index contributed by atoms with van der Waals surface area (Å²) in [5, 5.41) is 0. The van der Waals surface area contributed by atoms with Gasteiger partial charge in [0.25, 0.3) is 0 Å². The molecule has 1 aromatic carbocycles. The molecule has 1 aromatic rings. The Morgan fingerprint density at radius 3 is 2.47 bits per heavy atom. The van der Waals surface area contributed by atoms with Gasteiger partial charge in [0.05, 0.1) is 4.83 Å². The summed E-state index contributed by atoms with van der Waals surface area (Å²) in [6, 6.07) is 1.97. The van der Waals surface area contributed by atoms with E-state index in [2.05, 4.69) is 15.9 Å². The molecule has 0 fully saturated rings. The monoisotopic (exact) mass is 280 g/mol. The molecule has 0 bridgehead atoms. The van der Waals surface area contributed by atoms with Gasteiger partial charge >= 0.3 is 0 Å². The Hall–Kier alpha value is -0.840. The van der Waals surface area contributed by atoms with E-state index in [0.29, 0.717) is 0 Å². The van der Waals surface area contributed by atoms with Gasteiger partial charge < -0.3 is 0 Å². The number of halogens is 4. The quantitative estimate of drug-likeness (QED) is 0.615. The van der Waals surface area contributed by atoms with Crippen molar-refractivity contribution in [1.82, 2.24) is 0 Å². The fourth-order valence-corrected chi connectivity index (χ4v) is 1.41. The van der Waals surface area contributed by atoms with Gasteiger partial charge in [-0.3, -0.25) is 4.79 Å². The first kappa shape index (κ1) is 12.2. The SMILES string of the molecule is CC(=O)[C@@H](Br)Cc1ccc(F)c(F)c1F. The van der Waals surface area contributed by atoms with Crippen LogP contribution < -0.4 is 0 Å². The lowest BCUT2D eigenvalue weighted by Gasteiger charge is -2.07. The lowest BCUT2D eigenvalue weighted by molar-refractivity contribution is -0.116. The Bertz CT molecular complexity index is 392. The fourth-order valence-electron chi connectivity index (χ4n) is 1.06. The van der Waals surface area contributed by atoms with Crippen molar-refractivity contribution in [2.45, 2.75) is 18.2 Å². The number of alkyl halides is 1. The van der Waals surface area contributed by atoms with Crippen molar-refractivity contribution >= 4 is 21.7 Å². The summed E-state index contributed by atoms with van der Waals surface area (Å²) >= 11 is 3.02. The topological polar surface area (TPSA) is 17.1 Å². The molecule has 82 valence electrons. The molecule has 0 radical (unpaired) electrons. The number of rotatable bonds is 3. The highest BCUT2D eigenvalue weighted by molar-refractivity contribution is 9.10. The van der Waals surface area contributed by atoms with E-state index in [4.69, 9.17) is 0 Å². The van der Waals surface area contributed by atoms with Gasteiger partial charge in [0.2, 0.25) is 0 Å². The zero-order chi connectivity index (χ0) is 11.6. The highest BCUT2D eigenvalue weighted by atomic mass is 79.9. The van der Waals surface area contributed by atoms with Gasteiger partial charge in [-0.25, -0.2) is 13.2 Å². The van der Waals surface area contributed by atoms with Crippen LogP contribution in [-0.4, -0.2) is 10.6 Å². The molecule has 0 aliphatic carbocycles. The predicted molar refractivity (Wildman–Crippen MR) is 53.4 cm³/mol. The van der Waals surface area contributed by atoms with E-state index in [1.807, 2.05) is 0 Å². The number of carbonyl (C=O) groups excluding carboxylic acids is 1. The maximum atomic E-state index is 13.1. The highest BCUT2D eigenvalue weighted by Gasteiger charge is 2.17. The molecular formula is C10H8BrF3O. The molecule has 0 aliphatic rings. The first-order valence-corrected chi connectivity index (χ1v) is 5.12. The first-order chi connectivity index (χ1) is 6.93. The zero-order valence-electron chi connectivity index (χ0n) is 7.86. The molecule has 5 heteroatoms. The van der Waals surface area contributed by atoms with Gasteiger partial charge in [0.1, 0.15) is 5.78 Å². The van der Waals surface area contributed by atoms with Crippen LogP contribution in [0.25, 0.3) is 0 Å². The second kappa shape index (κ2) is 4.79. The smallest absolute Gasteiger partial charge is 0.194 e. The number of benzene rings is 1. The molecular weight excluding hydrogens is 273 g/mol. The molecule has 0 saturated carbocycles. The van der Waals surface area contributed by atoms with Crippen LogP contribution in [-0.2, 0) is 11.2 Å². The van der Waals surface area contributed by atoms with E-state index in [0.717, 1.165) is 12.1 Å². The Balaban J connectivity index is 2.97. The van der Waals surface area contributed by atoms with Gasteiger partial charge in [0, 0.05) is 0 Å². The molecule has 0 unspecified atom stereocenters. The average molecular weight is 281 g/mol. The van der Waals surface area contributed by atoms with Crippen LogP contribution in [0.15, 0.2) is 12.1 Å². The van der Waals surface area contributed by atoms with Crippen LogP contribution >= 0.6 is 15.9 Å². The van der Waals surface area contributed by atoms with Crippen molar-refractivity contribution in [3.63, 3.8) is 0 Å². The lowest BCUT2D eigenvalue weighted by atomic mass is 10.1. The summed E-state index contributed by atoms with van der Waals surface area (Å²) in [4.78, 5) is 10.3. The molecule has 0 aromatic heterocycles. The lowest BCUT2D eigenvalue weighted by Crippen LogP contribution is -2.14. The first-order valence-electron chi connectivity index (χ1n) is 4.20. The van der Waals surface area contributed by atoms with Crippen LogP contribution in [0, 0.1) is 17.5 Å². The Morgan fingerprint density at radius 2 is 1.93 bits per heavy atom. The molecule has 0 N–H and O–H groups in total.